The Morgan fingerprint density at radius 2 is 1.64 bits per heavy atom. The summed E-state index contributed by atoms with van der Waals surface area (Å²) in [6.45, 7) is 6.11. The lowest BCUT2D eigenvalue weighted by Crippen LogP contribution is -2.51. The van der Waals surface area contributed by atoms with Crippen LogP contribution in [0, 0.1) is 0 Å². The van der Waals surface area contributed by atoms with E-state index in [0.717, 1.165) is 32.6 Å². The van der Waals surface area contributed by atoms with Gasteiger partial charge in [0.1, 0.15) is 0 Å². The third-order valence-electron chi connectivity index (χ3n) is 5.41. The van der Waals surface area contributed by atoms with Gasteiger partial charge in [-0.2, -0.15) is 0 Å². The minimum Gasteiger partial charge on any atom is -0.368 e. The highest BCUT2D eigenvalue weighted by Crippen LogP contribution is 2.31. The van der Waals surface area contributed by atoms with Gasteiger partial charge in [0.2, 0.25) is 5.91 Å². The maximum absolute atomic E-state index is 12.8. The van der Waals surface area contributed by atoms with E-state index in [2.05, 4.69) is 65.3 Å². The molecule has 1 amide bonds. The van der Waals surface area contributed by atoms with Crippen molar-refractivity contribution in [3.05, 3.63) is 60.2 Å². The monoisotopic (exact) mass is 335 g/mol. The number of para-hydroxylation sites is 2. The predicted molar refractivity (Wildman–Crippen MR) is 102 cm³/mol. The molecule has 0 saturated carbocycles. The number of anilines is 2. The third kappa shape index (κ3) is 3.21. The van der Waals surface area contributed by atoms with Gasteiger partial charge in [0, 0.05) is 43.6 Å². The lowest BCUT2D eigenvalue weighted by molar-refractivity contribution is -0.130. The molecule has 1 atom stereocenters. The molecule has 0 unspecified atom stereocenters. The Balaban J connectivity index is 1.37. The van der Waals surface area contributed by atoms with Gasteiger partial charge in [-0.15, -0.1) is 0 Å². The number of carbonyl (C=O) groups excluding carboxylic acids is 1. The minimum absolute atomic E-state index is 0.247. The summed E-state index contributed by atoms with van der Waals surface area (Å²) in [6, 6.07) is 19.3. The van der Waals surface area contributed by atoms with Gasteiger partial charge in [0.25, 0.3) is 0 Å². The van der Waals surface area contributed by atoms with Crippen LogP contribution in [-0.2, 0) is 11.2 Å². The van der Waals surface area contributed by atoms with E-state index in [1.165, 1.54) is 16.9 Å². The Labute approximate surface area is 149 Å². The van der Waals surface area contributed by atoms with Gasteiger partial charge < -0.3 is 14.7 Å². The normalized spacial score (nSPS) is 19.9. The Morgan fingerprint density at radius 3 is 2.40 bits per heavy atom. The second kappa shape index (κ2) is 6.79. The van der Waals surface area contributed by atoms with Crippen LogP contribution in [0.15, 0.2) is 54.6 Å². The number of carbonyl (C=O) groups is 1. The number of fused-ring (bicyclic) bond motifs is 1. The van der Waals surface area contributed by atoms with Crippen LogP contribution >= 0.6 is 0 Å². The lowest BCUT2D eigenvalue weighted by Gasteiger charge is -2.37. The van der Waals surface area contributed by atoms with Crippen LogP contribution in [0.3, 0.4) is 0 Å². The van der Waals surface area contributed by atoms with Crippen molar-refractivity contribution in [3.8, 4) is 0 Å². The standard InChI is InChI=1S/C21H25N3O/c1-17-15-18-7-5-6-10-20(18)24(17)16-21(25)23-13-11-22(12-14-23)19-8-3-2-4-9-19/h2-10,17H,11-16H2,1H3/t17-/m0/s1. The van der Waals surface area contributed by atoms with E-state index in [1.807, 2.05) is 11.0 Å². The lowest BCUT2D eigenvalue weighted by atomic mass is 10.1. The average Bonchev–Trinajstić information content (AvgIpc) is 2.98. The molecule has 4 heteroatoms. The maximum atomic E-state index is 12.8. The van der Waals surface area contributed by atoms with Crippen molar-refractivity contribution in [1.29, 1.82) is 0 Å². The largest absolute Gasteiger partial charge is 0.368 e. The molecular formula is C21H25N3O. The van der Waals surface area contributed by atoms with E-state index in [0.29, 0.717) is 12.6 Å². The molecule has 2 aliphatic rings. The van der Waals surface area contributed by atoms with Crippen LogP contribution in [0.4, 0.5) is 11.4 Å². The predicted octanol–water partition coefficient (Wildman–Crippen LogP) is 2.79. The third-order valence-corrected chi connectivity index (χ3v) is 5.41. The fourth-order valence-electron chi connectivity index (χ4n) is 3.97. The van der Waals surface area contributed by atoms with Crippen LogP contribution in [0.1, 0.15) is 12.5 Å². The molecule has 1 saturated heterocycles. The fraction of sp³-hybridized carbons (Fsp3) is 0.381. The molecule has 130 valence electrons. The van der Waals surface area contributed by atoms with Gasteiger partial charge in [-0.1, -0.05) is 36.4 Å². The van der Waals surface area contributed by atoms with Crippen molar-refractivity contribution in [2.75, 3.05) is 42.5 Å². The molecule has 2 aromatic rings. The summed E-state index contributed by atoms with van der Waals surface area (Å²) in [6.07, 6.45) is 1.03. The smallest absolute Gasteiger partial charge is 0.242 e. The number of rotatable bonds is 3. The Morgan fingerprint density at radius 1 is 0.960 bits per heavy atom. The molecule has 0 N–H and O–H groups in total. The van der Waals surface area contributed by atoms with Crippen molar-refractivity contribution >= 4 is 17.3 Å². The van der Waals surface area contributed by atoms with Crippen LogP contribution in [0.5, 0.6) is 0 Å². The van der Waals surface area contributed by atoms with Crippen molar-refractivity contribution < 1.29 is 4.79 Å². The van der Waals surface area contributed by atoms with E-state index < -0.39 is 0 Å². The zero-order valence-electron chi connectivity index (χ0n) is 14.8. The molecule has 0 radical (unpaired) electrons. The average molecular weight is 335 g/mol. The van der Waals surface area contributed by atoms with Gasteiger partial charge in [-0.05, 0) is 37.1 Å². The van der Waals surface area contributed by atoms with Crippen molar-refractivity contribution in [1.82, 2.24) is 4.90 Å². The molecule has 0 aliphatic carbocycles. The summed E-state index contributed by atoms with van der Waals surface area (Å²) in [7, 11) is 0. The number of hydrogen-bond donors (Lipinski definition) is 0. The van der Waals surface area contributed by atoms with Gasteiger partial charge in [0.05, 0.1) is 6.54 Å². The Bertz CT molecular complexity index is 738. The molecule has 0 aromatic heterocycles. The molecule has 4 rings (SSSR count). The molecule has 0 bridgehead atoms. The summed E-state index contributed by atoms with van der Waals surface area (Å²) in [5.74, 6) is 0.247. The quantitative estimate of drug-likeness (QED) is 0.863. The number of hydrogen-bond acceptors (Lipinski definition) is 3. The molecule has 1 fully saturated rings. The topological polar surface area (TPSA) is 26.8 Å². The molecule has 25 heavy (non-hydrogen) atoms. The zero-order valence-corrected chi connectivity index (χ0v) is 14.8. The molecule has 0 spiro atoms. The van der Waals surface area contributed by atoms with Gasteiger partial charge in [0.15, 0.2) is 0 Å². The first-order valence-corrected chi connectivity index (χ1v) is 9.15. The summed E-state index contributed by atoms with van der Waals surface area (Å²) in [5, 5.41) is 0. The summed E-state index contributed by atoms with van der Waals surface area (Å²) in [5.41, 5.74) is 3.83. The molecule has 4 nitrogen and oxygen atoms in total. The van der Waals surface area contributed by atoms with E-state index in [1.54, 1.807) is 0 Å². The molecule has 2 heterocycles. The first kappa shape index (κ1) is 16.0. The van der Waals surface area contributed by atoms with Crippen LogP contribution in [-0.4, -0.2) is 49.6 Å². The van der Waals surface area contributed by atoms with Crippen LogP contribution < -0.4 is 9.80 Å². The number of piperazine rings is 1. The van der Waals surface area contributed by atoms with Crippen LogP contribution in [0.2, 0.25) is 0 Å². The molecular weight excluding hydrogens is 310 g/mol. The summed E-state index contributed by atoms with van der Waals surface area (Å²) in [4.78, 5) is 19.5. The zero-order chi connectivity index (χ0) is 17.2. The van der Waals surface area contributed by atoms with E-state index >= 15 is 0 Å². The maximum Gasteiger partial charge on any atom is 0.242 e. The van der Waals surface area contributed by atoms with Gasteiger partial charge in [-0.3, -0.25) is 4.79 Å². The summed E-state index contributed by atoms with van der Waals surface area (Å²) < 4.78 is 0. The van der Waals surface area contributed by atoms with Crippen molar-refractivity contribution in [2.24, 2.45) is 0 Å². The Hall–Kier alpha value is -2.49. The Kier molecular flexibility index (Phi) is 4.35. The van der Waals surface area contributed by atoms with E-state index in [-0.39, 0.29) is 5.91 Å². The number of amides is 1. The highest BCUT2D eigenvalue weighted by molar-refractivity contribution is 5.83. The minimum atomic E-state index is 0.247. The van der Waals surface area contributed by atoms with Gasteiger partial charge >= 0.3 is 0 Å². The highest BCUT2D eigenvalue weighted by atomic mass is 16.2. The molecule has 2 aliphatic heterocycles. The van der Waals surface area contributed by atoms with Crippen molar-refractivity contribution in [3.63, 3.8) is 0 Å². The van der Waals surface area contributed by atoms with Gasteiger partial charge in [-0.25, -0.2) is 0 Å². The van der Waals surface area contributed by atoms with Crippen molar-refractivity contribution in [2.45, 2.75) is 19.4 Å². The first-order valence-electron chi connectivity index (χ1n) is 9.15. The first-order chi connectivity index (χ1) is 12.2. The number of nitrogens with zero attached hydrogens (tertiary/aromatic N) is 3. The number of benzene rings is 2. The highest BCUT2D eigenvalue weighted by Gasteiger charge is 2.29. The fourth-order valence-corrected chi connectivity index (χ4v) is 3.97. The van der Waals surface area contributed by atoms with Crippen LogP contribution in [0.25, 0.3) is 0 Å². The molecule has 2 aromatic carbocycles. The second-order valence-electron chi connectivity index (χ2n) is 7.01. The van der Waals surface area contributed by atoms with E-state index in [4.69, 9.17) is 0 Å². The second-order valence-corrected chi connectivity index (χ2v) is 7.01. The summed E-state index contributed by atoms with van der Waals surface area (Å²) >= 11 is 0. The van der Waals surface area contributed by atoms with E-state index in [9.17, 15) is 4.79 Å². The SMILES string of the molecule is C[C@H]1Cc2ccccc2N1CC(=O)N1CCN(c2ccccc2)CC1.